The number of fused-ring (bicyclic) bond motifs is 1. The minimum absolute atomic E-state index is 0.00884. The van der Waals surface area contributed by atoms with Gasteiger partial charge in [0.2, 0.25) is 0 Å². The van der Waals surface area contributed by atoms with Crippen LogP contribution in [0.5, 0.6) is 0 Å². The SMILES string of the molecule is C[Si](C)(C)CCOCn1cnc2cc(NC(c3ccc(Cl)cc3F)c3nc(Br)sc3C(=O)O)ccc21. The lowest BCUT2D eigenvalue weighted by Gasteiger charge is -2.20. The average molecular weight is 612 g/mol. The van der Waals surface area contributed by atoms with Crippen molar-refractivity contribution < 1.29 is 19.0 Å². The van der Waals surface area contributed by atoms with Gasteiger partial charge in [0, 0.05) is 31.0 Å². The normalized spacial score (nSPS) is 12.7. The zero-order chi connectivity index (χ0) is 26.0. The van der Waals surface area contributed by atoms with Gasteiger partial charge in [0.15, 0.2) is 3.92 Å². The number of rotatable bonds is 10. The Morgan fingerprint density at radius 2 is 2.08 bits per heavy atom. The molecule has 190 valence electrons. The minimum atomic E-state index is -1.17. The summed E-state index contributed by atoms with van der Waals surface area (Å²) in [5.41, 5.74) is 2.67. The first-order valence-corrected chi connectivity index (χ1v) is 16.8. The first kappa shape index (κ1) is 26.7. The summed E-state index contributed by atoms with van der Waals surface area (Å²) in [4.78, 5) is 20.7. The first-order valence-electron chi connectivity index (χ1n) is 11.2. The Bertz CT molecular complexity index is 1410. The van der Waals surface area contributed by atoms with Crippen molar-refractivity contribution in [1.29, 1.82) is 0 Å². The third kappa shape index (κ3) is 6.32. The lowest BCUT2D eigenvalue weighted by Crippen LogP contribution is -2.21. The van der Waals surface area contributed by atoms with Gasteiger partial charge in [-0.15, -0.1) is 0 Å². The fourth-order valence-corrected chi connectivity index (χ4v) is 5.91. The fourth-order valence-electron chi connectivity index (χ4n) is 3.65. The molecule has 0 aliphatic heterocycles. The molecular formula is C24H25BrClFN4O3SSi. The Hall–Kier alpha value is -2.31. The van der Waals surface area contributed by atoms with Crippen LogP contribution in [-0.2, 0) is 11.5 Å². The quantitative estimate of drug-likeness (QED) is 0.145. The zero-order valence-electron chi connectivity index (χ0n) is 19.9. The predicted octanol–water partition coefficient (Wildman–Crippen LogP) is 7.26. The molecule has 0 bridgehead atoms. The van der Waals surface area contributed by atoms with Gasteiger partial charge in [-0.2, -0.15) is 0 Å². The molecule has 0 aliphatic rings. The largest absolute Gasteiger partial charge is 0.477 e. The highest BCUT2D eigenvalue weighted by molar-refractivity contribution is 9.11. The summed E-state index contributed by atoms with van der Waals surface area (Å²) in [5.74, 6) is -1.71. The smallest absolute Gasteiger partial charge is 0.347 e. The van der Waals surface area contributed by atoms with Gasteiger partial charge in [-0.05, 0) is 52.3 Å². The summed E-state index contributed by atoms with van der Waals surface area (Å²) in [7, 11) is -1.17. The number of carboxylic acids is 1. The van der Waals surface area contributed by atoms with Crippen molar-refractivity contribution in [1.82, 2.24) is 14.5 Å². The molecule has 0 spiro atoms. The van der Waals surface area contributed by atoms with Crippen LogP contribution in [0.2, 0.25) is 30.7 Å². The van der Waals surface area contributed by atoms with Crippen LogP contribution in [-0.4, -0.2) is 40.3 Å². The van der Waals surface area contributed by atoms with E-state index in [0.29, 0.717) is 22.9 Å². The van der Waals surface area contributed by atoms with Gasteiger partial charge in [-0.3, -0.25) is 0 Å². The highest BCUT2D eigenvalue weighted by atomic mass is 79.9. The van der Waals surface area contributed by atoms with Gasteiger partial charge in [0.05, 0.1) is 29.1 Å². The Kier molecular flexibility index (Phi) is 8.15. The second-order valence-electron chi connectivity index (χ2n) is 9.50. The van der Waals surface area contributed by atoms with Crippen molar-refractivity contribution in [2.75, 3.05) is 11.9 Å². The number of carbonyl (C=O) groups is 1. The fraction of sp³-hybridized carbons (Fsp3) is 0.292. The van der Waals surface area contributed by atoms with E-state index in [4.69, 9.17) is 16.3 Å². The molecule has 2 N–H and O–H groups in total. The third-order valence-corrected chi connectivity index (χ3v) is 8.98. The van der Waals surface area contributed by atoms with Crippen LogP contribution >= 0.6 is 38.9 Å². The molecule has 1 atom stereocenters. The van der Waals surface area contributed by atoms with Gasteiger partial charge < -0.3 is 19.7 Å². The molecule has 0 amide bonds. The highest BCUT2D eigenvalue weighted by Gasteiger charge is 2.28. The summed E-state index contributed by atoms with van der Waals surface area (Å²) < 4.78 is 23.1. The van der Waals surface area contributed by atoms with Crippen molar-refractivity contribution >= 4 is 69.6 Å². The molecule has 0 aliphatic carbocycles. The number of hydrogen-bond donors (Lipinski definition) is 2. The molecule has 2 heterocycles. The van der Waals surface area contributed by atoms with E-state index in [0.717, 1.165) is 28.4 Å². The van der Waals surface area contributed by atoms with Crippen LogP contribution < -0.4 is 5.32 Å². The van der Waals surface area contributed by atoms with Crippen LogP contribution in [0.3, 0.4) is 0 Å². The number of thiazole rings is 1. The molecule has 1 unspecified atom stereocenters. The number of halogens is 3. The Balaban J connectivity index is 1.63. The standard InChI is InChI=1S/C24H25BrClFN4O3SSi/c1-36(2,3)9-8-34-13-31-12-28-18-11-15(5-7-19(18)31)29-20(16-6-4-14(26)10-17(16)27)21-22(23(32)33)35-24(25)30-21/h4-7,10-12,20,29H,8-9,13H2,1-3H3,(H,32,33). The number of aromatic nitrogens is 3. The molecule has 0 saturated heterocycles. The molecule has 7 nitrogen and oxygen atoms in total. The molecule has 12 heteroatoms. The van der Waals surface area contributed by atoms with Crippen LogP contribution in [0, 0.1) is 5.82 Å². The van der Waals surface area contributed by atoms with E-state index in [1.165, 1.54) is 12.1 Å². The summed E-state index contributed by atoms with van der Waals surface area (Å²) in [5, 5.41) is 13.2. The van der Waals surface area contributed by atoms with E-state index in [-0.39, 0.29) is 21.2 Å². The first-order chi connectivity index (χ1) is 17.0. The second-order valence-corrected chi connectivity index (χ2v) is 17.8. The maximum atomic E-state index is 15.0. The number of ether oxygens (including phenoxy) is 1. The Morgan fingerprint density at radius 1 is 1.31 bits per heavy atom. The monoisotopic (exact) mass is 610 g/mol. The van der Waals surface area contributed by atoms with Crippen molar-refractivity contribution in [3.05, 3.63) is 73.6 Å². The van der Waals surface area contributed by atoms with Gasteiger partial charge in [0.25, 0.3) is 0 Å². The van der Waals surface area contributed by atoms with E-state index >= 15 is 0 Å². The third-order valence-electron chi connectivity index (χ3n) is 5.53. The molecular weight excluding hydrogens is 587 g/mol. The van der Waals surface area contributed by atoms with Gasteiger partial charge in [-0.25, -0.2) is 19.2 Å². The van der Waals surface area contributed by atoms with E-state index < -0.39 is 25.9 Å². The highest BCUT2D eigenvalue weighted by Crippen LogP contribution is 2.35. The van der Waals surface area contributed by atoms with Crippen molar-refractivity contribution in [3.8, 4) is 0 Å². The number of hydrogen-bond acceptors (Lipinski definition) is 6. The summed E-state index contributed by atoms with van der Waals surface area (Å²) in [6.07, 6.45) is 1.72. The molecule has 2 aromatic heterocycles. The van der Waals surface area contributed by atoms with Gasteiger partial charge in [0.1, 0.15) is 17.4 Å². The zero-order valence-corrected chi connectivity index (χ0v) is 24.0. The number of benzene rings is 2. The molecule has 0 fully saturated rings. The number of aromatic carboxylic acids is 1. The maximum absolute atomic E-state index is 15.0. The van der Waals surface area contributed by atoms with E-state index in [9.17, 15) is 14.3 Å². The lowest BCUT2D eigenvalue weighted by atomic mass is 10.0. The van der Waals surface area contributed by atoms with E-state index in [2.05, 4.69) is 50.9 Å². The predicted molar refractivity (Wildman–Crippen MR) is 147 cm³/mol. The molecule has 0 saturated carbocycles. The Morgan fingerprint density at radius 3 is 2.78 bits per heavy atom. The lowest BCUT2D eigenvalue weighted by molar-refractivity contribution is 0.0700. The number of nitrogens with zero attached hydrogens (tertiary/aromatic N) is 3. The average Bonchev–Trinajstić information content (AvgIpc) is 3.38. The second kappa shape index (κ2) is 11.0. The topological polar surface area (TPSA) is 89.3 Å². The molecule has 2 aromatic carbocycles. The molecule has 0 radical (unpaired) electrons. The summed E-state index contributed by atoms with van der Waals surface area (Å²) in [6, 6.07) is 10.1. The van der Waals surface area contributed by atoms with Crippen LogP contribution in [0.1, 0.15) is 27.0 Å². The van der Waals surface area contributed by atoms with Crippen molar-refractivity contribution in [2.24, 2.45) is 0 Å². The number of carboxylic acid groups (broad SMARTS) is 1. The van der Waals surface area contributed by atoms with E-state index in [1.54, 1.807) is 12.4 Å². The maximum Gasteiger partial charge on any atom is 0.347 e. The van der Waals surface area contributed by atoms with Gasteiger partial charge >= 0.3 is 5.97 Å². The van der Waals surface area contributed by atoms with E-state index in [1.807, 2.05) is 22.8 Å². The molecule has 4 aromatic rings. The van der Waals surface area contributed by atoms with Gasteiger partial charge in [-0.1, -0.05) is 48.6 Å². The van der Waals surface area contributed by atoms with Crippen molar-refractivity contribution in [2.45, 2.75) is 38.5 Å². The molecule has 4 rings (SSSR count). The number of nitrogens with one attached hydrogen (secondary N) is 1. The Labute approximate surface area is 226 Å². The minimum Gasteiger partial charge on any atom is -0.477 e. The number of anilines is 1. The van der Waals surface area contributed by atoms with Crippen LogP contribution in [0.4, 0.5) is 10.1 Å². The van der Waals surface area contributed by atoms with Crippen LogP contribution in [0.15, 0.2) is 46.6 Å². The van der Waals surface area contributed by atoms with Crippen molar-refractivity contribution in [3.63, 3.8) is 0 Å². The summed E-state index contributed by atoms with van der Waals surface area (Å²) in [6.45, 7) is 8.04. The van der Waals surface area contributed by atoms with Crippen LogP contribution in [0.25, 0.3) is 11.0 Å². The number of imidazole rings is 1. The summed E-state index contributed by atoms with van der Waals surface area (Å²) >= 11 is 10.2. The molecule has 36 heavy (non-hydrogen) atoms.